The lowest BCUT2D eigenvalue weighted by Crippen LogP contribution is -2.21. The summed E-state index contributed by atoms with van der Waals surface area (Å²) in [5.74, 6) is 1.90. The Balaban J connectivity index is 1.79. The molecule has 3 heteroatoms. The third-order valence-electron chi connectivity index (χ3n) is 2.51. The predicted molar refractivity (Wildman–Crippen MR) is 49.0 cm³/mol. The van der Waals surface area contributed by atoms with Crippen molar-refractivity contribution in [2.75, 3.05) is 11.9 Å². The van der Waals surface area contributed by atoms with Crippen molar-refractivity contribution in [2.24, 2.45) is 13.0 Å². The normalized spacial score (nSPS) is 17.4. The van der Waals surface area contributed by atoms with E-state index in [4.69, 9.17) is 0 Å². The van der Waals surface area contributed by atoms with Crippen LogP contribution in [0.25, 0.3) is 0 Å². The van der Waals surface area contributed by atoms with Gasteiger partial charge in [0.15, 0.2) is 0 Å². The molecule has 0 bridgehead atoms. The minimum absolute atomic E-state index is 0.895. The summed E-state index contributed by atoms with van der Waals surface area (Å²) in [6.45, 7) is 1.09. The van der Waals surface area contributed by atoms with E-state index < -0.39 is 0 Å². The maximum absolute atomic E-state index is 4.25. The summed E-state index contributed by atoms with van der Waals surface area (Å²) < 4.78 is 1.82. The topological polar surface area (TPSA) is 29.9 Å². The fourth-order valence-corrected chi connectivity index (χ4v) is 1.46. The van der Waals surface area contributed by atoms with Crippen LogP contribution in [0, 0.1) is 5.92 Å². The molecule has 0 unspecified atom stereocenters. The van der Waals surface area contributed by atoms with Crippen LogP contribution in [0.4, 0.5) is 5.82 Å². The van der Waals surface area contributed by atoms with Gasteiger partial charge in [-0.1, -0.05) is 6.42 Å². The Hall–Kier alpha value is -0.990. The Morgan fingerprint density at radius 3 is 3.00 bits per heavy atom. The second-order valence-corrected chi connectivity index (χ2v) is 3.55. The number of hydrogen-bond acceptors (Lipinski definition) is 2. The average Bonchev–Trinajstić information content (AvgIpc) is 2.32. The average molecular weight is 165 g/mol. The van der Waals surface area contributed by atoms with Gasteiger partial charge in [0, 0.05) is 25.9 Å². The first-order chi connectivity index (χ1) is 5.84. The first-order valence-electron chi connectivity index (χ1n) is 4.58. The molecule has 1 aliphatic rings. The van der Waals surface area contributed by atoms with Gasteiger partial charge in [-0.3, -0.25) is 4.68 Å². The van der Waals surface area contributed by atoms with Gasteiger partial charge in [0.1, 0.15) is 5.82 Å². The number of nitrogens with one attached hydrogen (secondary N) is 1. The molecule has 2 rings (SSSR count). The second-order valence-electron chi connectivity index (χ2n) is 3.55. The molecule has 0 radical (unpaired) electrons. The number of rotatable bonds is 3. The van der Waals surface area contributed by atoms with Gasteiger partial charge in [-0.05, 0) is 18.8 Å². The van der Waals surface area contributed by atoms with Crippen molar-refractivity contribution in [3.8, 4) is 0 Å². The molecule has 12 heavy (non-hydrogen) atoms. The van der Waals surface area contributed by atoms with E-state index in [9.17, 15) is 0 Å². The SMILES string of the molecule is Cn1ccc(NCC2CCC2)n1. The maximum Gasteiger partial charge on any atom is 0.147 e. The number of nitrogens with zero attached hydrogens (tertiary/aromatic N) is 2. The van der Waals surface area contributed by atoms with Gasteiger partial charge in [0.05, 0.1) is 0 Å². The highest BCUT2D eigenvalue weighted by atomic mass is 15.3. The number of hydrogen-bond donors (Lipinski definition) is 1. The summed E-state index contributed by atoms with van der Waals surface area (Å²) in [4.78, 5) is 0. The smallest absolute Gasteiger partial charge is 0.147 e. The predicted octanol–water partition coefficient (Wildman–Crippen LogP) is 1.63. The van der Waals surface area contributed by atoms with Crippen LogP contribution < -0.4 is 5.32 Å². The molecular weight excluding hydrogens is 150 g/mol. The van der Waals surface area contributed by atoms with Crippen molar-refractivity contribution in [2.45, 2.75) is 19.3 Å². The van der Waals surface area contributed by atoms with E-state index in [2.05, 4.69) is 10.4 Å². The Bertz CT molecular complexity index is 250. The molecule has 0 atom stereocenters. The lowest BCUT2D eigenvalue weighted by atomic mass is 9.85. The van der Waals surface area contributed by atoms with Crippen molar-refractivity contribution >= 4 is 5.82 Å². The summed E-state index contributed by atoms with van der Waals surface area (Å²) >= 11 is 0. The minimum Gasteiger partial charge on any atom is -0.368 e. The van der Waals surface area contributed by atoms with Gasteiger partial charge in [0.25, 0.3) is 0 Å². The molecule has 0 saturated heterocycles. The first kappa shape index (κ1) is 7.65. The molecule has 66 valence electrons. The van der Waals surface area contributed by atoms with Crippen LogP contribution in [0.3, 0.4) is 0 Å². The van der Waals surface area contributed by atoms with Crippen molar-refractivity contribution in [3.63, 3.8) is 0 Å². The number of aryl methyl sites for hydroxylation is 1. The van der Waals surface area contributed by atoms with E-state index in [1.165, 1.54) is 19.3 Å². The summed E-state index contributed by atoms with van der Waals surface area (Å²) in [6.07, 6.45) is 6.15. The van der Waals surface area contributed by atoms with Crippen LogP contribution in [-0.4, -0.2) is 16.3 Å². The van der Waals surface area contributed by atoms with E-state index in [1.54, 1.807) is 0 Å². The molecule has 1 aromatic rings. The Morgan fingerprint density at radius 1 is 1.67 bits per heavy atom. The lowest BCUT2D eigenvalue weighted by Gasteiger charge is -2.25. The van der Waals surface area contributed by atoms with E-state index in [1.807, 2.05) is 24.0 Å². The van der Waals surface area contributed by atoms with E-state index >= 15 is 0 Å². The van der Waals surface area contributed by atoms with Crippen LogP contribution in [-0.2, 0) is 7.05 Å². The molecule has 1 saturated carbocycles. The van der Waals surface area contributed by atoms with Gasteiger partial charge >= 0.3 is 0 Å². The Kier molecular flexibility index (Phi) is 2.02. The molecule has 0 aliphatic heterocycles. The molecule has 1 heterocycles. The van der Waals surface area contributed by atoms with Crippen LogP contribution in [0.15, 0.2) is 12.3 Å². The van der Waals surface area contributed by atoms with Crippen LogP contribution in [0.1, 0.15) is 19.3 Å². The largest absolute Gasteiger partial charge is 0.368 e. The molecule has 3 nitrogen and oxygen atoms in total. The molecular formula is C9H15N3. The molecule has 1 N–H and O–H groups in total. The second kappa shape index (κ2) is 3.17. The molecule has 0 aromatic carbocycles. The maximum atomic E-state index is 4.25. The van der Waals surface area contributed by atoms with Gasteiger partial charge in [-0.25, -0.2) is 0 Å². The van der Waals surface area contributed by atoms with Crippen molar-refractivity contribution in [1.82, 2.24) is 9.78 Å². The monoisotopic (exact) mass is 165 g/mol. The molecule has 0 amide bonds. The zero-order valence-electron chi connectivity index (χ0n) is 7.45. The molecule has 1 fully saturated rings. The third kappa shape index (κ3) is 1.60. The minimum atomic E-state index is 0.895. The quantitative estimate of drug-likeness (QED) is 0.737. The van der Waals surface area contributed by atoms with Gasteiger partial charge in [-0.2, -0.15) is 5.10 Å². The number of anilines is 1. The zero-order chi connectivity index (χ0) is 8.39. The zero-order valence-corrected chi connectivity index (χ0v) is 7.45. The highest BCUT2D eigenvalue weighted by molar-refractivity contribution is 5.31. The highest BCUT2D eigenvalue weighted by Gasteiger charge is 2.16. The fraction of sp³-hybridized carbons (Fsp3) is 0.667. The van der Waals surface area contributed by atoms with Crippen molar-refractivity contribution in [3.05, 3.63) is 12.3 Å². The van der Waals surface area contributed by atoms with Gasteiger partial charge in [0.2, 0.25) is 0 Å². The van der Waals surface area contributed by atoms with Crippen LogP contribution >= 0.6 is 0 Å². The number of aromatic nitrogens is 2. The third-order valence-corrected chi connectivity index (χ3v) is 2.51. The van der Waals surface area contributed by atoms with E-state index in [-0.39, 0.29) is 0 Å². The van der Waals surface area contributed by atoms with Crippen molar-refractivity contribution < 1.29 is 0 Å². The molecule has 0 spiro atoms. The van der Waals surface area contributed by atoms with E-state index in [0.717, 1.165) is 18.3 Å². The summed E-state index contributed by atoms with van der Waals surface area (Å²) in [5.41, 5.74) is 0. The summed E-state index contributed by atoms with van der Waals surface area (Å²) in [6, 6.07) is 2.01. The standard InChI is InChI=1S/C9H15N3/c1-12-6-5-9(11-12)10-7-8-3-2-4-8/h5-6,8H,2-4,7H2,1H3,(H,10,11). The molecule has 1 aromatic heterocycles. The molecule has 1 aliphatic carbocycles. The van der Waals surface area contributed by atoms with Crippen LogP contribution in [0.2, 0.25) is 0 Å². The summed E-state index contributed by atoms with van der Waals surface area (Å²) in [7, 11) is 1.94. The summed E-state index contributed by atoms with van der Waals surface area (Å²) in [5, 5.41) is 7.58. The van der Waals surface area contributed by atoms with Gasteiger partial charge < -0.3 is 5.32 Å². The van der Waals surface area contributed by atoms with Gasteiger partial charge in [-0.15, -0.1) is 0 Å². The first-order valence-corrected chi connectivity index (χ1v) is 4.58. The Morgan fingerprint density at radius 2 is 2.50 bits per heavy atom. The lowest BCUT2D eigenvalue weighted by molar-refractivity contribution is 0.333. The fourth-order valence-electron chi connectivity index (χ4n) is 1.46. The van der Waals surface area contributed by atoms with E-state index in [0.29, 0.717) is 0 Å². The van der Waals surface area contributed by atoms with Crippen molar-refractivity contribution in [1.29, 1.82) is 0 Å². The highest BCUT2D eigenvalue weighted by Crippen LogP contribution is 2.26. The van der Waals surface area contributed by atoms with Crippen LogP contribution in [0.5, 0.6) is 0 Å². The Labute approximate surface area is 72.8 Å².